The van der Waals surface area contributed by atoms with Crippen molar-refractivity contribution in [2.24, 2.45) is 0 Å². The van der Waals surface area contributed by atoms with Crippen LogP contribution in [-0.2, 0) is 4.74 Å². The highest BCUT2D eigenvalue weighted by molar-refractivity contribution is 6.04. The van der Waals surface area contributed by atoms with Crippen molar-refractivity contribution in [1.29, 1.82) is 0 Å². The molecule has 32 heavy (non-hydrogen) atoms. The van der Waals surface area contributed by atoms with Crippen molar-refractivity contribution in [3.8, 4) is 11.5 Å². The Labute approximate surface area is 186 Å². The molecule has 2 rings (SSSR count). The number of halogens is 1. The van der Waals surface area contributed by atoms with Gasteiger partial charge in [-0.05, 0) is 46.2 Å². The van der Waals surface area contributed by atoms with Crippen LogP contribution >= 0.6 is 0 Å². The number of nitrogens with one attached hydrogen (secondary N) is 1. The molecule has 7 nitrogen and oxygen atoms in total. The predicted octanol–water partition coefficient (Wildman–Crippen LogP) is 5.69. The van der Waals surface area contributed by atoms with Crippen LogP contribution in [0.15, 0.2) is 30.3 Å². The number of benzene rings is 2. The molecule has 0 saturated heterocycles. The van der Waals surface area contributed by atoms with Crippen molar-refractivity contribution in [2.45, 2.75) is 53.1 Å². The Balaban J connectivity index is 2.61. The third-order valence-corrected chi connectivity index (χ3v) is 4.31. The number of unbranched alkanes of at least 4 members (excludes halogenated alkanes) is 1. The third kappa shape index (κ3) is 6.29. The fourth-order valence-electron chi connectivity index (χ4n) is 2.83. The van der Waals surface area contributed by atoms with E-state index < -0.39 is 29.0 Å². The van der Waals surface area contributed by atoms with E-state index in [1.54, 1.807) is 51.1 Å². The lowest BCUT2D eigenvalue weighted by molar-refractivity contribution is 0.0632. The zero-order valence-electron chi connectivity index (χ0n) is 18.9. The third-order valence-electron chi connectivity index (χ3n) is 4.31. The predicted molar refractivity (Wildman–Crippen MR) is 118 cm³/mol. The number of aldehydes is 1. The zero-order valence-corrected chi connectivity index (χ0v) is 18.9. The summed E-state index contributed by atoms with van der Waals surface area (Å²) in [7, 11) is 0. The molecule has 0 aromatic heterocycles. The van der Waals surface area contributed by atoms with E-state index in [0.29, 0.717) is 6.42 Å². The molecular formula is C24H28FNO6. The number of esters is 1. The maximum Gasteiger partial charge on any atom is 0.412 e. The maximum atomic E-state index is 15.1. The highest BCUT2D eigenvalue weighted by atomic mass is 19.1. The summed E-state index contributed by atoms with van der Waals surface area (Å²) >= 11 is 0. The largest absolute Gasteiger partial charge is 0.490 e. The lowest BCUT2D eigenvalue weighted by Gasteiger charge is -2.23. The van der Waals surface area contributed by atoms with Crippen molar-refractivity contribution < 1.29 is 33.0 Å². The number of amides is 1. The SMILES string of the molecule is CCCCOc1c(NC(=O)OC(C)(C)C)c(C=O)c(F)c(C)c1C(=O)Oc1ccccc1. The summed E-state index contributed by atoms with van der Waals surface area (Å²) in [6.45, 7) is 8.43. The van der Waals surface area contributed by atoms with Crippen LogP contribution < -0.4 is 14.8 Å². The van der Waals surface area contributed by atoms with Crippen molar-refractivity contribution >= 4 is 24.0 Å². The Hall–Kier alpha value is -3.42. The first-order chi connectivity index (χ1) is 15.1. The average molecular weight is 445 g/mol. The number of ether oxygens (including phenoxy) is 3. The van der Waals surface area contributed by atoms with Crippen LogP contribution in [0.4, 0.5) is 14.9 Å². The number of hydrogen-bond donors (Lipinski definition) is 1. The Morgan fingerprint density at radius 1 is 1.16 bits per heavy atom. The van der Waals surface area contributed by atoms with Crippen LogP contribution in [0, 0.1) is 12.7 Å². The van der Waals surface area contributed by atoms with E-state index in [9.17, 15) is 14.4 Å². The lowest BCUT2D eigenvalue weighted by Crippen LogP contribution is -2.28. The van der Waals surface area contributed by atoms with Gasteiger partial charge in [0.2, 0.25) is 0 Å². The Kier molecular flexibility index (Phi) is 8.34. The van der Waals surface area contributed by atoms with Crippen LogP contribution in [0.2, 0.25) is 0 Å². The highest BCUT2D eigenvalue weighted by Gasteiger charge is 2.30. The minimum atomic E-state index is -0.964. The summed E-state index contributed by atoms with van der Waals surface area (Å²) in [5.74, 6) is -1.75. The Morgan fingerprint density at radius 2 is 1.81 bits per heavy atom. The minimum absolute atomic E-state index is 0.130. The quantitative estimate of drug-likeness (QED) is 0.243. The molecule has 0 atom stereocenters. The van der Waals surface area contributed by atoms with E-state index >= 15 is 4.39 Å². The van der Waals surface area contributed by atoms with Gasteiger partial charge >= 0.3 is 12.1 Å². The van der Waals surface area contributed by atoms with Crippen LogP contribution in [0.3, 0.4) is 0 Å². The van der Waals surface area contributed by atoms with Crippen LogP contribution in [-0.4, -0.2) is 30.6 Å². The van der Waals surface area contributed by atoms with Crippen LogP contribution in [0.25, 0.3) is 0 Å². The number of carbonyl (C=O) groups is 3. The summed E-state index contributed by atoms with van der Waals surface area (Å²) in [6.07, 6.45) is 0.755. The topological polar surface area (TPSA) is 90.9 Å². The molecule has 0 aliphatic rings. The number of rotatable bonds is 8. The fourth-order valence-corrected chi connectivity index (χ4v) is 2.83. The Bertz CT molecular complexity index is 982. The molecule has 0 aliphatic heterocycles. The zero-order chi connectivity index (χ0) is 23.9. The maximum absolute atomic E-state index is 15.1. The van der Waals surface area contributed by atoms with Gasteiger partial charge in [-0.3, -0.25) is 10.1 Å². The number of hydrogen-bond acceptors (Lipinski definition) is 6. The van der Waals surface area contributed by atoms with Gasteiger partial charge in [-0.2, -0.15) is 0 Å². The first kappa shape index (κ1) is 24.8. The molecular weight excluding hydrogens is 417 g/mol. The van der Waals surface area contributed by atoms with Crippen molar-refractivity contribution in [2.75, 3.05) is 11.9 Å². The van der Waals surface area contributed by atoms with Gasteiger partial charge in [-0.25, -0.2) is 14.0 Å². The van der Waals surface area contributed by atoms with Crippen molar-refractivity contribution in [3.63, 3.8) is 0 Å². The van der Waals surface area contributed by atoms with Gasteiger partial charge in [-0.15, -0.1) is 0 Å². The molecule has 1 N–H and O–H groups in total. The van der Waals surface area contributed by atoms with E-state index in [1.165, 1.54) is 6.92 Å². The minimum Gasteiger partial charge on any atom is -0.490 e. The second kappa shape index (κ2) is 10.7. The fraction of sp³-hybridized carbons (Fsp3) is 0.375. The first-order valence-corrected chi connectivity index (χ1v) is 10.3. The van der Waals surface area contributed by atoms with E-state index in [1.807, 2.05) is 6.92 Å². The van der Waals surface area contributed by atoms with Gasteiger partial charge in [0.15, 0.2) is 12.0 Å². The number of para-hydroxylation sites is 1. The smallest absolute Gasteiger partial charge is 0.412 e. The van der Waals surface area contributed by atoms with Gasteiger partial charge in [0, 0.05) is 5.56 Å². The molecule has 0 unspecified atom stereocenters. The van der Waals surface area contributed by atoms with Gasteiger partial charge in [0.1, 0.15) is 28.4 Å². The van der Waals surface area contributed by atoms with Gasteiger partial charge in [0.05, 0.1) is 12.2 Å². The molecule has 172 valence electrons. The molecule has 0 bridgehead atoms. The summed E-state index contributed by atoms with van der Waals surface area (Å²) < 4.78 is 31.5. The molecule has 0 radical (unpaired) electrons. The summed E-state index contributed by atoms with van der Waals surface area (Å²) in [4.78, 5) is 37.1. The van der Waals surface area contributed by atoms with E-state index in [2.05, 4.69) is 5.32 Å². The van der Waals surface area contributed by atoms with E-state index in [0.717, 1.165) is 6.42 Å². The van der Waals surface area contributed by atoms with Crippen LogP contribution in [0.1, 0.15) is 66.8 Å². The van der Waals surface area contributed by atoms with Gasteiger partial charge < -0.3 is 14.2 Å². The molecule has 0 spiro atoms. The summed E-state index contributed by atoms with van der Waals surface area (Å²) in [5, 5.41) is 2.38. The summed E-state index contributed by atoms with van der Waals surface area (Å²) in [5.41, 5.74) is -1.93. The average Bonchev–Trinajstić information content (AvgIpc) is 2.71. The van der Waals surface area contributed by atoms with E-state index in [4.69, 9.17) is 14.2 Å². The lowest BCUT2D eigenvalue weighted by atomic mass is 10.00. The summed E-state index contributed by atoms with van der Waals surface area (Å²) in [6, 6.07) is 8.25. The van der Waals surface area contributed by atoms with Crippen molar-refractivity contribution in [3.05, 3.63) is 52.8 Å². The van der Waals surface area contributed by atoms with Gasteiger partial charge in [0.25, 0.3) is 0 Å². The first-order valence-electron chi connectivity index (χ1n) is 10.3. The molecule has 0 aliphatic carbocycles. The number of carbonyl (C=O) groups excluding carboxylic acids is 3. The molecule has 1 amide bonds. The van der Waals surface area contributed by atoms with Crippen LogP contribution in [0.5, 0.6) is 11.5 Å². The molecule has 0 saturated carbocycles. The normalized spacial score (nSPS) is 10.9. The molecule has 2 aromatic rings. The van der Waals surface area contributed by atoms with Gasteiger partial charge in [-0.1, -0.05) is 31.5 Å². The monoisotopic (exact) mass is 445 g/mol. The second-order valence-corrected chi connectivity index (χ2v) is 8.08. The molecule has 8 heteroatoms. The standard InChI is InChI=1S/C24H28FNO6/c1-6-7-13-30-21-18(22(28)31-16-11-9-8-10-12-16)15(2)19(25)17(14-27)20(21)26-23(29)32-24(3,4)5/h8-12,14H,6-7,13H2,1-5H3,(H,26,29). The Morgan fingerprint density at radius 3 is 2.38 bits per heavy atom. The molecule has 2 aromatic carbocycles. The molecule has 0 fully saturated rings. The number of anilines is 1. The van der Waals surface area contributed by atoms with Crippen molar-refractivity contribution in [1.82, 2.24) is 0 Å². The molecule has 0 heterocycles. The second-order valence-electron chi connectivity index (χ2n) is 8.08. The highest BCUT2D eigenvalue weighted by Crippen LogP contribution is 2.38. The van der Waals surface area contributed by atoms with E-state index in [-0.39, 0.29) is 41.2 Å².